The van der Waals surface area contributed by atoms with E-state index in [2.05, 4.69) is 47.4 Å². The van der Waals surface area contributed by atoms with Crippen LogP contribution in [0.15, 0.2) is 36.5 Å². The first-order valence-electron chi connectivity index (χ1n) is 9.94. The predicted molar refractivity (Wildman–Crippen MR) is 110 cm³/mol. The van der Waals surface area contributed by atoms with Crippen molar-refractivity contribution in [2.45, 2.75) is 70.8 Å². The van der Waals surface area contributed by atoms with Crippen LogP contribution in [0, 0.1) is 0 Å². The van der Waals surface area contributed by atoms with Gasteiger partial charge in [0.2, 0.25) is 5.95 Å². The number of hydrogen-bond acceptors (Lipinski definition) is 4. The normalized spacial score (nSPS) is 15.8. The molecule has 5 nitrogen and oxygen atoms in total. The quantitative estimate of drug-likeness (QED) is 0.733. The Hall–Kier alpha value is -2.43. The first-order chi connectivity index (χ1) is 12.9. The smallest absolute Gasteiger partial charge is 0.274 e. The average Bonchev–Trinajstić information content (AvgIpc) is 2.90. The van der Waals surface area contributed by atoms with Crippen LogP contribution in [0.4, 0.5) is 11.6 Å². The number of carbonyl (C=O) groups excluding carboxylic acids is 1. The van der Waals surface area contributed by atoms with E-state index in [-0.39, 0.29) is 11.3 Å². The third-order valence-corrected chi connectivity index (χ3v) is 5.06. The highest BCUT2D eigenvalue weighted by molar-refractivity contribution is 6.03. The first-order valence-corrected chi connectivity index (χ1v) is 9.94. The monoisotopic (exact) mass is 366 g/mol. The molecule has 0 unspecified atom stereocenters. The highest BCUT2D eigenvalue weighted by Gasteiger charge is 2.20. The van der Waals surface area contributed by atoms with E-state index < -0.39 is 0 Å². The molecule has 1 fully saturated rings. The SMILES string of the molecule is CC(C)(C)c1ccccc1NC(=O)c1ccnc(NC2CCCCCC2)n1. The largest absolute Gasteiger partial charge is 0.351 e. The Labute approximate surface area is 162 Å². The summed E-state index contributed by atoms with van der Waals surface area (Å²) in [7, 11) is 0. The Morgan fingerprint density at radius 1 is 1.04 bits per heavy atom. The van der Waals surface area contributed by atoms with Crippen molar-refractivity contribution in [1.82, 2.24) is 9.97 Å². The average molecular weight is 367 g/mol. The fraction of sp³-hybridized carbons (Fsp3) is 0.500. The number of carbonyl (C=O) groups is 1. The summed E-state index contributed by atoms with van der Waals surface area (Å²) in [5, 5.41) is 6.43. The maximum absolute atomic E-state index is 12.8. The van der Waals surface area contributed by atoms with Crippen molar-refractivity contribution in [2.24, 2.45) is 0 Å². The van der Waals surface area contributed by atoms with Crippen molar-refractivity contribution >= 4 is 17.5 Å². The lowest BCUT2D eigenvalue weighted by Crippen LogP contribution is -2.22. The highest BCUT2D eigenvalue weighted by Crippen LogP contribution is 2.29. The molecule has 0 radical (unpaired) electrons. The van der Waals surface area contributed by atoms with Crippen LogP contribution in [-0.2, 0) is 5.41 Å². The molecular weight excluding hydrogens is 336 g/mol. The molecular formula is C22H30N4O. The molecule has 1 aliphatic carbocycles. The van der Waals surface area contributed by atoms with E-state index >= 15 is 0 Å². The third-order valence-electron chi connectivity index (χ3n) is 5.06. The second kappa shape index (κ2) is 8.51. The summed E-state index contributed by atoms with van der Waals surface area (Å²) < 4.78 is 0. The van der Waals surface area contributed by atoms with E-state index in [4.69, 9.17) is 0 Å². The number of para-hydroxylation sites is 1. The molecule has 0 saturated heterocycles. The summed E-state index contributed by atoms with van der Waals surface area (Å²) in [6.45, 7) is 6.41. The van der Waals surface area contributed by atoms with Crippen LogP contribution in [0.2, 0.25) is 0 Å². The van der Waals surface area contributed by atoms with Gasteiger partial charge in [-0.15, -0.1) is 0 Å². The number of nitrogens with zero attached hydrogens (tertiary/aromatic N) is 2. The number of aromatic nitrogens is 2. The van der Waals surface area contributed by atoms with Gasteiger partial charge in [-0.25, -0.2) is 9.97 Å². The molecule has 5 heteroatoms. The fourth-order valence-electron chi connectivity index (χ4n) is 3.59. The summed E-state index contributed by atoms with van der Waals surface area (Å²) in [5.41, 5.74) is 2.25. The van der Waals surface area contributed by atoms with E-state index in [1.54, 1.807) is 12.3 Å². The lowest BCUT2D eigenvalue weighted by molar-refractivity contribution is 0.102. The zero-order valence-electron chi connectivity index (χ0n) is 16.6. The molecule has 27 heavy (non-hydrogen) atoms. The summed E-state index contributed by atoms with van der Waals surface area (Å²) >= 11 is 0. The second-order valence-electron chi connectivity index (χ2n) is 8.35. The molecule has 1 aliphatic rings. The molecule has 1 heterocycles. The van der Waals surface area contributed by atoms with Gasteiger partial charge in [0, 0.05) is 17.9 Å². The zero-order valence-corrected chi connectivity index (χ0v) is 16.6. The highest BCUT2D eigenvalue weighted by atomic mass is 16.1. The maximum Gasteiger partial charge on any atom is 0.274 e. The van der Waals surface area contributed by atoms with Crippen LogP contribution >= 0.6 is 0 Å². The number of amides is 1. The van der Waals surface area contributed by atoms with Gasteiger partial charge in [-0.05, 0) is 36.0 Å². The van der Waals surface area contributed by atoms with Crippen LogP contribution in [-0.4, -0.2) is 21.9 Å². The van der Waals surface area contributed by atoms with Gasteiger partial charge < -0.3 is 10.6 Å². The van der Waals surface area contributed by atoms with E-state index in [0.717, 1.165) is 24.1 Å². The standard InChI is InChI=1S/C22H30N4O/c1-22(2,3)17-12-8-9-13-18(17)25-20(27)19-14-15-23-21(26-19)24-16-10-6-4-5-7-11-16/h8-9,12-16H,4-7,10-11H2,1-3H3,(H,25,27)(H,23,24,26). The molecule has 1 aromatic heterocycles. The lowest BCUT2D eigenvalue weighted by Gasteiger charge is -2.23. The second-order valence-corrected chi connectivity index (χ2v) is 8.35. The fourth-order valence-corrected chi connectivity index (χ4v) is 3.59. The first kappa shape index (κ1) is 19.3. The van der Waals surface area contributed by atoms with Gasteiger partial charge in [0.1, 0.15) is 5.69 Å². The van der Waals surface area contributed by atoms with Crippen molar-refractivity contribution < 1.29 is 4.79 Å². The van der Waals surface area contributed by atoms with Crippen molar-refractivity contribution in [3.8, 4) is 0 Å². The van der Waals surface area contributed by atoms with Gasteiger partial charge in [-0.2, -0.15) is 0 Å². The van der Waals surface area contributed by atoms with Gasteiger partial charge in [-0.3, -0.25) is 4.79 Å². The molecule has 0 spiro atoms. The molecule has 0 bridgehead atoms. The molecule has 0 atom stereocenters. The number of benzene rings is 1. The van der Waals surface area contributed by atoms with Crippen LogP contribution < -0.4 is 10.6 Å². The van der Waals surface area contributed by atoms with Gasteiger partial charge in [0.05, 0.1) is 0 Å². The number of rotatable bonds is 4. The van der Waals surface area contributed by atoms with Crippen LogP contribution in [0.25, 0.3) is 0 Å². The predicted octanol–water partition coefficient (Wildman–Crippen LogP) is 5.16. The van der Waals surface area contributed by atoms with Gasteiger partial charge in [-0.1, -0.05) is 64.7 Å². The summed E-state index contributed by atoms with van der Waals surface area (Å²) in [6.07, 6.45) is 9.00. The minimum atomic E-state index is -0.210. The van der Waals surface area contributed by atoms with Crippen LogP contribution in [0.5, 0.6) is 0 Å². The Morgan fingerprint density at radius 3 is 2.44 bits per heavy atom. The molecule has 1 amide bonds. The van der Waals surface area contributed by atoms with E-state index in [1.165, 1.54) is 25.7 Å². The molecule has 1 saturated carbocycles. The van der Waals surface area contributed by atoms with Gasteiger partial charge in [0.15, 0.2) is 0 Å². The molecule has 144 valence electrons. The Bertz CT molecular complexity index is 774. The maximum atomic E-state index is 12.8. The van der Waals surface area contributed by atoms with E-state index in [0.29, 0.717) is 17.7 Å². The topological polar surface area (TPSA) is 66.9 Å². The van der Waals surface area contributed by atoms with Crippen molar-refractivity contribution in [3.63, 3.8) is 0 Å². The number of nitrogens with one attached hydrogen (secondary N) is 2. The molecule has 2 N–H and O–H groups in total. The minimum Gasteiger partial charge on any atom is -0.351 e. The van der Waals surface area contributed by atoms with Crippen molar-refractivity contribution in [2.75, 3.05) is 10.6 Å². The Morgan fingerprint density at radius 2 is 1.74 bits per heavy atom. The Balaban J connectivity index is 1.72. The molecule has 3 rings (SSSR count). The van der Waals surface area contributed by atoms with Gasteiger partial charge in [0.25, 0.3) is 5.91 Å². The molecule has 1 aromatic carbocycles. The number of hydrogen-bond donors (Lipinski definition) is 2. The third kappa shape index (κ3) is 5.28. The zero-order chi connectivity index (χ0) is 19.3. The molecule has 2 aromatic rings. The summed E-state index contributed by atoms with van der Waals surface area (Å²) in [4.78, 5) is 21.5. The van der Waals surface area contributed by atoms with Crippen molar-refractivity contribution in [1.29, 1.82) is 0 Å². The van der Waals surface area contributed by atoms with Gasteiger partial charge >= 0.3 is 0 Å². The van der Waals surface area contributed by atoms with Crippen LogP contribution in [0.3, 0.4) is 0 Å². The number of anilines is 2. The summed E-state index contributed by atoms with van der Waals surface area (Å²) in [6, 6.07) is 9.97. The minimum absolute atomic E-state index is 0.0538. The van der Waals surface area contributed by atoms with Crippen molar-refractivity contribution in [3.05, 3.63) is 47.8 Å². The van der Waals surface area contributed by atoms with E-state index in [9.17, 15) is 4.79 Å². The lowest BCUT2D eigenvalue weighted by atomic mass is 9.86. The van der Waals surface area contributed by atoms with Crippen LogP contribution in [0.1, 0.15) is 75.3 Å². The summed E-state index contributed by atoms with van der Waals surface area (Å²) in [5.74, 6) is 0.330. The Kier molecular flexibility index (Phi) is 6.09. The molecule has 0 aliphatic heterocycles. The van der Waals surface area contributed by atoms with E-state index in [1.807, 2.05) is 18.2 Å².